The van der Waals surface area contributed by atoms with Gasteiger partial charge in [0.2, 0.25) is 0 Å². The van der Waals surface area contributed by atoms with E-state index in [0.717, 1.165) is 48.8 Å². The molecule has 3 aromatic heterocycles. The van der Waals surface area contributed by atoms with Crippen molar-refractivity contribution in [2.24, 2.45) is 0 Å². The van der Waals surface area contributed by atoms with Crippen molar-refractivity contribution in [2.45, 2.75) is 0 Å². The van der Waals surface area contributed by atoms with Crippen molar-refractivity contribution in [3.05, 3.63) is 128 Å². The van der Waals surface area contributed by atoms with Gasteiger partial charge < -0.3 is 5.11 Å². The van der Waals surface area contributed by atoms with Crippen LogP contribution in [0.25, 0.3) is 42.9 Å². The first-order chi connectivity index (χ1) is 19.3. The smallest absolute Gasteiger partial charge is 0.164 e. The lowest BCUT2D eigenvalue weighted by Crippen LogP contribution is -2.11. The van der Waals surface area contributed by atoms with E-state index in [0.29, 0.717) is 11.4 Å². The van der Waals surface area contributed by atoms with Crippen LogP contribution in [0, 0.1) is 0 Å². The number of phenols is 1. The maximum absolute atomic E-state index is 10.6. The highest BCUT2D eigenvalue weighted by molar-refractivity contribution is 7.26. The summed E-state index contributed by atoms with van der Waals surface area (Å²) < 4.78 is 2.16. The third kappa shape index (κ3) is 4.17. The third-order valence-corrected chi connectivity index (χ3v) is 7.80. The Morgan fingerprint density at radius 1 is 0.667 bits per heavy atom. The summed E-state index contributed by atoms with van der Waals surface area (Å²) in [5.74, 6) is 1.47. The van der Waals surface area contributed by atoms with Crippen LogP contribution < -0.4 is 4.90 Å². The number of hydrogen-bond donors (Lipinski definition) is 1. The molecule has 0 saturated carbocycles. The largest absolute Gasteiger partial charge is 0.507 e. The molecule has 0 radical (unpaired) electrons. The predicted molar refractivity (Wildman–Crippen MR) is 160 cm³/mol. The second kappa shape index (κ2) is 9.67. The summed E-state index contributed by atoms with van der Waals surface area (Å²) in [5, 5.41) is 11.7. The van der Waals surface area contributed by atoms with Crippen LogP contribution in [0.4, 0.5) is 17.2 Å². The summed E-state index contributed by atoms with van der Waals surface area (Å²) in [6, 6.07) is 40.0. The molecule has 186 valence electrons. The molecule has 7 aromatic rings. The summed E-state index contributed by atoms with van der Waals surface area (Å²) in [4.78, 5) is 16.8. The van der Waals surface area contributed by atoms with Crippen molar-refractivity contribution >= 4 is 48.8 Å². The Morgan fingerprint density at radius 3 is 2.28 bits per heavy atom. The fourth-order valence-corrected chi connectivity index (χ4v) is 5.99. The van der Waals surface area contributed by atoms with Gasteiger partial charge >= 0.3 is 0 Å². The van der Waals surface area contributed by atoms with Crippen LogP contribution in [-0.2, 0) is 0 Å². The second-order valence-corrected chi connectivity index (χ2v) is 10.2. The van der Waals surface area contributed by atoms with Gasteiger partial charge in [0.15, 0.2) is 5.82 Å². The van der Waals surface area contributed by atoms with Gasteiger partial charge in [-0.2, -0.15) is 0 Å². The van der Waals surface area contributed by atoms with E-state index in [2.05, 4.69) is 52.3 Å². The SMILES string of the molecule is Oc1ccccc1-c1nc(-c2cccc(N(c3ccccc3)c3ccccn3)c2)c2sc3ccccc3c2n1. The zero-order chi connectivity index (χ0) is 26.2. The Bertz CT molecular complexity index is 1900. The molecule has 6 heteroatoms. The number of para-hydroxylation sites is 2. The first-order valence-corrected chi connectivity index (χ1v) is 13.4. The molecule has 0 saturated heterocycles. The Hall–Kier alpha value is -5.07. The first kappa shape index (κ1) is 23.1. The maximum Gasteiger partial charge on any atom is 0.164 e. The zero-order valence-electron chi connectivity index (χ0n) is 20.8. The van der Waals surface area contributed by atoms with Gasteiger partial charge in [-0.3, -0.25) is 4.90 Å². The third-order valence-electron chi connectivity index (χ3n) is 6.64. The minimum atomic E-state index is 0.154. The molecule has 4 aromatic carbocycles. The normalized spacial score (nSPS) is 11.2. The summed E-state index contributed by atoms with van der Waals surface area (Å²) in [6.45, 7) is 0. The van der Waals surface area contributed by atoms with Gasteiger partial charge in [-0.1, -0.05) is 66.7 Å². The highest BCUT2D eigenvalue weighted by Crippen LogP contribution is 2.42. The minimum Gasteiger partial charge on any atom is -0.507 e. The van der Waals surface area contributed by atoms with Crippen molar-refractivity contribution in [2.75, 3.05) is 4.90 Å². The van der Waals surface area contributed by atoms with Crippen LogP contribution in [0.15, 0.2) is 128 Å². The quantitative estimate of drug-likeness (QED) is 0.245. The number of benzene rings is 4. The van der Waals surface area contributed by atoms with E-state index in [1.807, 2.05) is 66.7 Å². The van der Waals surface area contributed by atoms with Crippen LogP contribution in [0.1, 0.15) is 0 Å². The lowest BCUT2D eigenvalue weighted by Gasteiger charge is -2.24. The van der Waals surface area contributed by atoms with Crippen molar-refractivity contribution in [1.29, 1.82) is 0 Å². The van der Waals surface area contributed by atoms with Crippen LogP contribution in [0.5, 0.6) is 5.75 Å². The topological polar surface area (TPSA) is 62.1 Å². The Balaban J connectivity index is 1.47. The molecule has 39 heavy (non-hydrogen) atoms. The molecule has 1 N–H and O–H groups in total. The highest BCUT2D eigenvalue weighted by atomic mass is 32.1. The molecule has 5 nitrogen and oxygen atoms in total. The van der Waals surface area contributed by atoms with E-state index >= 15 is 0 Å². The first-order valence-electron chi connectivity index (χ1n) is 12.6. The maximum atomic E-state index is 10.6. The molecule has 0 amide bonds. The van der Waals surface area contributed by atoms with E-state index in [9.17, 15) is 5.11 Å². The predicted octanol–water partition coefficient (Wildman–Crippen LogP) is 8.75. The summed E-state index contributed by atoms with van der Waals surface area (Å²) >= 11 is 1.68. The van der Waals surface area contributed by atoms with Crippen molar-refractivity contribution < 1.29 is 5.11 Å². The van der Waals surface area contributed by atoms with Gasteiger partial charge in [-0.05, 0) is 54.6 Å². The number of aromatic nitrogens is 3. The monoisotopic (exact) mass is 522 g/mol. The molecular formula is C33H22N4OS. The van der Waals surface area contributed by atoms with E-state index in [1.165, 1.54) is 0 Å². The highest BCUT2D eigenvalue weighted by Gasteiger charge is 2.19. The lowest BCUT2D eigenvalue weighted by molar-refractivity contribution is 0.477. The molecule has 0 atom stereocenters. The van der Waals surface area contributed by atoms with Gasteiger partial charge in [0.25, 0.3) is 0 Å². The molecule has 3 heterocycles. The number of phenolic OH excluding ortho intramolecular Hbond substituents is 1. The molecule has 0 aliphatic carbocycles. The zero-order valence-corrected chi connectivity index (χ0v) is 21.6. The van der Waals surface area contributed by atoms with E-state index < -0.39 is 0 Å². The number of thiophene rings is 1. The molecule has 0 spiro atoms. The number of pyridine rings is 1. The number of aromatic hydroxyl groups is 1. The number of rotatable bonds is 5. The average molecular weight is 523 g/mol. The minimum absolute atomic E-state index is 0.154. The van der Waals surface area contributed by atoms with Crippen molar-refractivity contribution in [3.63, 3.8) is 0 Å². The molecule has 0 unspecified atom stereocenters. The standard InChI is InChI=1S/C33H22N4OS/c38-27-17-6-4-15-25(27)33-35-30(32-31(36-33)26-16-5-7-18-28(26)39-32)22-11-10-14-24(21-22)37(23-12-2-1-3-13-23)29-19-8-9-20-34-29/h1-21,38H. The molecule has 0 bridgehead atoms. The average Bonchev–Trinajstić information content (AvgIpc) is 3.37. The molecule has 0 aliphatic rings. The fraction of sp³-hybridized carbons (Fsp3) is 0. The summed E-state index contributed by atoms with van der Waals surface area (Å²) in [5.41, 5.74) is 5.25. The van der Waals surface area contributed by atoms with E-state index in [-0.39, 0.29) is 5.75 Å². The fourth-order valence-electron chi connectivity index (χ4n) is 4.84. The summed E-state index contributed by atoms with van der Waals surface area (Å²) in [6.07, 6.45) is 1.80. The van der Waals surface area contributed by atoms with Gasteiger partial charge in [-0.15, -0.1) is 11.3 Å². The number of nitrogens with zero attached hydrogens (tertiary/aromatic N) is 4. The Morgan fingerprint density at radius 2 is 1.44 bits per heavy atom. The molecule has 0 fully saturated rings. The van der Waals surface area contributed by atoms with Gasteiger partial charge in [0.1, 0.15) is 11.6 Å². The van der Waals surface area contributed by atoms with E-state index in [4.69, 9.17) is 9.97 Å². The van der Waals surface area contributed by atoms with E-state index in [1.54, 1.807) is 29.7 Å². The summed E-state index contributed by atoms with van der Waals surface area (Å²) in [7, 11) is 0. The van der Waals surface area contributed by atoms with Crippen molar-refractivity contribution in [3.8, 4) is 28.4 Å². The molecule has 0 aliphatic heterocycles. The Labute approximate surface area is 229 Å². The number of anilines is 3. The van der Waals surface area contributed by atoms with Crippen LogP contribution >= 0.6 is 11.3 Å². The van der Waals surface area contributed by atoms with Gasteiger partial charge in [0.05, 0.1) is 21.5 Å². The number of fused-ring (bicyclic) bond motifs is 3. The van der Waals surface area contributed by atoms with Crippen LogP contribution in [-0.4, -0.2) is 20.1 Å². The Kier molecular flexibility index (Phi) is 5.72. The van der Waals surface area contributed by atoms with Crippen LogP contribution in [0.2, 0.25) is 0 Å². The van der Waals surface area contributed by atoms with Crippen LogP contribution in [0.3, 0.4) is 0 Å². The van der Waals surface area contributed by atoms with Crippen molar-refractivity contribution in [1.82, 2.24) is 15.0 Å². The molecular weight excluding hydrogens is 500 g/mol. The van der Waals surface area contributed by atoms with Gasteiger partial charge in [-0.25, -0.2) is 15.0 Å². The second-order valence-electron chi connectivity index (χ2n) is 9.10. The van der Waals surface area contributed by atoms with Gasteiger partial charge in [0, 0.05) is 33.2 Å². The lowest BCUT2D eigenvalue weighted by atomic mass is 10.1. The molecule has 7 rings (SSSR count). The number of hydrogen-bond acceptors (Lipinski definition) is 6.